The Labute approximate surface area is 146 Å². The highest BCUT2D eigenvalue weighted by molar-refractivity contribution is 6.29. The predicted octanol–water partition coefficient (Wildman–Crippen LogP) is 3.29. The number of aryl methyl sites for hydroxylation is 1. The minimum atomic E-state index is -0.828. The van der Waals surface area contributed by atoms with Gasteiger partial charge < -0.3 is 15.2 Å². The number of aliphatic hydroxyl groups is 1. The van der Waals surface area contributed by atoms with Crippen molar-refractivity contribution in [3.05, 3.63) is 58.4 Å². The van der Waals surface area contributed by atoms with E-state index in [4.69, 9.17) is 16.3 Å². The fourth-order valence-electron chi connectivity index (χ4n) is 2.24. The van der Waals surface area contributed by atoms with E-state index in [1.807, 2.05) is 26.0 Å². The third-order valence-corrected chi connectivity index (χ3v) is 3.58. The van der Waals surface area contributed by atoms with Gasteiger partial charge in [-0.15, -0.1) is 0 Å². The lowest BCUT2D eigenvalue weighted by Crippen LogP contribution is -2.29. The van der Waals surface area contributed by atoms with Gasteiger partial charge in [-0.2, -0.15) is 0 Å². The van der Waals surface area contributed by atoms with E-state index in [1.165, 1.54) is 0 Å². The predicted molar refractivity (Wildman–Crippen MR) is 93.5 cm³/mol. The molecule has 1 aromatic heterocycles. The number of ether oxygens (including phenoxy) is 1. The zero-order valence-electron chi connectivity index (χ0n) is 13.9. The number of nitrogens with zero attached hydrogens (tertiary/aromatic N) is 1. The molecule has 1 amide bonds. The standard InChI is InChI=1S/C18H21ClN2O3/c1-11(2)24-14-6-4-5-13(9-14)16(22)10-20-18(23)15-7-8-17(19)21-12(15)3/h4-9,11,16,22H,10H2,1-3H3,(H,20,23). The normalized spacial score (nSPS) is 12.1. The Kier molecular flexibility index (Phi) is 6.17. The van der Waals surface area contributed by atoms with Crippen LogP contribution in [-0.4, -0.2) is 28.6 Å². The van der Waals surface area contributed by atoms with Crippen molar-refractivity contribution < 1.29 is 14.6 Å². The smallest absolute Gasteiger partial charge is 0.253 e. The molecule has 0 saturated heterocycles. The Morgan fingerprint density at radius 1 is 1.33 bits per heavy atom. The molecule has 0 aliphatic heterocycles. The summed E-state index contributed by atoms with van der Waals surface area (Å²) in [6, 6.07) is 10.4. The molecule has 1 aromatic carbocycles. The van der Waals surface area contributed by atoms with Crippen molar-refractivity contribution in [3.8, 4) is 5.75 Å². The van der Waals surface area contributed by atoms with Crippen molar-refractivity contribution in [2.75, 3.05) is 6.54 Å². The number of hydrogen-bond acceptors (Lipinski definition) is 4. The number of benzene rings is 1. The molecule has 128 valence electrons. The monoisotopic (exact) mass is 348 g/mol. The average Bonchev–Trinajstić information content (AvgIpc) is 2.52. The number of aromatic nitrogens is 1. The summed E-state index contributed by atoms with van der Waals surface area (Å²) in [5.41, 5.74) is 1.66. The number of aliphatic hydroxyl groups excluding tert-OH is 1. The van der Waals surface area contributed by atoms with Crippen molar-refractivity contribution in [2.45, 2.75) is 33.0 Å². The van der Waals surface area contributed by atoms with Gasteiger partial charge in [0.15, 0.2) is 0 Å². The number of carbonyl (C=O) groups excluding carboxylic acids is 1. The molecule has 24 heavy (non-hydrogen) atoms. The topological polar surface area (TPSA) is 71.5 Å². The fraction of sp³-hybridized carbons (Fsp3) is 0.333. The summed E-state index contributed by atoms with van der Waals surface area (Å²) in [6.45, 7) is 5.67. The Balaban J connectivity index is 1.99. The van der Waals surface area contributed by atoms with Gasteiger partial charge in [0.1, 0.15) is 10.9 Å². The fourth-order valence-corrected chi connectivity index (χ4v) is 2.43. The van der Waals surface area contributed by atoms with E-state index in [0.717, 1.165) is 0 Å². The van der Waals surface area contributed by atoms with Crippen LogP contribution in [0.2, 0.25) is 5.15 Å². The van der Waals surface area contributed by atoms with Crippen LogP contribution >= 0.6 is 11.6 Å². The molecule has 0 radical (unpaired) electrons. The van der Waals surface area contributed by atoms with Crippen molar-refractivity contribution in [1.82, 2.24) is 10.3 Å². The molecule has 1 unspecified atom stereocenters. The minimum absolute atomic E-state index is 0.0532. The van der Waals surface area contributed by atoms with Crippen molar-refractivity contribution >= 4 is 17.5 Å². The van der Waals surface area contributed by atoms with E-state index >= 15 is 0 Å². The van der Waals surface area contributed by atoms with Gasteiger partial charge in [0.05, 0.1) is 23.5 Å². The van der Waals surface area contributed by atoms with E-state index < -0.39 is 6.10 Å². The molecule has 1 heterocycles. The third-order valence-electron chi connectivity index (χ3n) is 3.37. The zero-order chi connectivity index (χ0) is 17.7. The lowest BCUT2D eigenvalue weighted by molar-refractivity contribution is 0.0915. The molecule has 2 rings (SSSR count). The first kappa shape index (κ1) is 18.2. The Bertz CT molecular complexity index is 719. The maximum atomic E-state index is 12.2. The van der Waals surface area contributed by atoms with Gasteiger partial charge in [-0.3, -0.25) is 4.79 Å². The van der Waals surface area contributed by atoms with Crippen LogP contribution in [0.15, 0.2) is 36.4 Å². The van der Waals surface area contributed by atoms with E-state index in [1.54, 1.807) is 31.2 Å². The quantitative estimate of drug-likeness (QED) is 0.786. The number of carbonyl (C=O) groups is 1. The van der Waals surface area contributed by atoms with Gasteiger partial charge in [-0.1, -0.05) is 23.7 Å². The maximum Gasteiger partial charge on any atom is 0.253 e. The first-order valence-corrected chi connectivity index (χ1v) is 8.10. The largest absolute Gasteiger partial charge is 0.491 e. The molecule has 0 bridgehead atoms. The van der Waals surface area contributed by atoms with Gasteiger partial charge >= 0.3 is 0 Å². The van der Waals surface area contributed by atoms with Gasteiger partial charge in [-0.05, 0) is 50.6 Å². The molecular weight excluding hydrogens is 328 g/mol. The lowest BCUT2D eigenvalue weighted by atomic mass is 10.1. The number of halogens is 1. The van der Waals surface area contributed by atoms with Crippen LogP contribution in [0.4, 0.5) is 0 Å². The summed E-state index contributed by atoms with van der Waals surface area (Å²) in [5, 5.41) is 13.3. The van der Waals surface area contributed by atoms with E-state index in [-0.39, 0.29) is 18.6 Å². The summed E-state index contributed by atoms with van der Waals surface area (Å²) in [7, 11) is 0. The lowest BCUT2D eigenvalue weighted by Gasteiger charge is -2.15. The summed E-state index contributed by atoms with van der Waals surface area (Å²) in [4.78, 5) is 16.2. The molecule has 0 aliphatic rings. The Morgan fingerprint density at radius 2 is 2.08 bits per heavy atom. The molecule has 0 fully saturated rings. The summed E-state index contributed by atoms with van der Waals surface area (Å²) >= 11 is 5.79. The Morgan fingerprint density at radius 3 is 2.75 bits per heavy atom. The molecule has 5 nitrogen and oxygen atoms in total. The molecule has 0 aliphatic carbocycles. The summed E-state index contributed by atoms with van der Waals surface area (Å²) in [5.74, 6) is 0.385. The third kappa shape index (κ3) is 4.94. The number of nitrogens with one attached hydrogen (secondary N) is 1. The first-order valence-electron chi connectivity index (χ1n) is 7.73. The van der Waals surface area contributed by atoms with Crippen molar-refractivity contribution in [1.29, 1.82) is 0 Å². The minimum Gasteiger partial charge on any atom is -0.491 e. The molecule has 2 aromatic rings. The highest BCUT2D eigenvalue weighted by Crippen LogP contribution is 2.20. The van der Waals surface area contributed by atoms with Gasteiger partial charge in [0, 0.05) is 6.54 Å². The summed E-state index contributed by atoms with van der Waals surface area (Å²) in [6.07, 6.45) is -0.775. The van der Waals surface area contributed by atoms with Crippen LogP contribution in [0.1, 0.15) is 41.6 Å². The number of hydrogen-bond donors (Lipinski definition) is 2. The van der Waals surface area contributed by atoms with Gasteiger partial charge in [-0.25, -0.2) is 4.98 Å². The van der Waals surface area contributed by atoms with Gasteiger partial charge in [0.25, 0.3) is 5.91 Å². The molecular formula is C18H21ClN2O3. The average molecular weight is 349 g/mol. The van der Waals surface area contributed by atoms with E-state index in [9.17, 15) is 9.90 Å². The molecule has 6 heteroatoms. The van der Waals surface area contributed by atoms with E-state index in [2.05, 4.69) is 10.3 Å². The second-order valence-electron chi connectivity index (χ2n) is 5.73. The second-order valence-corrected chi connectivity index (χ2v) is 6.12. The van der Waals surface area contributed by atoms with Crippen LogP contribution in [0.3, 0.4) is 0 Å². The molecule has 0 saturated carbocycles. The maximum absolute atomic E-state index is 12.2. The molecule has 1 atom stereocenters. The van der Waals surface area contributed by atoms with Crippen molar-refractivity contribution in [3.63, 3.8) is 0 Å². The van der Waals surface area contributed by atoms with Crippen LogP contribution in [0, 0.1) is 6.92 Å². The Hall–Kier alpha value is -2.11. The molecule has 0 spiro atoms. The highest BCUT2D eigenvalue weighted by atomic mass is 35.5. The number of rotatable bonds is 6. The number of amides is 1. The van der Waals surface area contributed by atoms with Crippen LogP contribution < -0.4 is 10.1 Å². The zero-order valence-corrected chi connectivity index (χ0v) is 14.7. The van der Waals surface area contributed by atoms with Crippen molar-refractivity contribution in [2.24, 2.45) is 0 Å². The second kappa shape index (κ2) is 8.13. The highest BCUT2D eigenvalue weighted by Gasteiger charge is 2.14. The molecule has 2 N–H and O–H groups in total. The van der Waals surface area contributed by atoms with Gasteiger partial charge in [0.2, 0.25) is 0 Å². The van der Waals surface area contributed by atoms with Crippen LogP contribution in [-0.2, 0) is 0 Å². The number of pyridine rings is 1. The van der Waals surface area contributed by atoms with E-state index in [0.29, 0.717) is 27.7 Å². The SMILES string of the molecule is Cc1nc(Cl)ccc1C(=O)NCC(O)c1cccc(OC(C)C)c1. The van der Waals surface area contributed by atoms with Crippen LogP contribution in [0.5, 0.6) is 5.75 Å². The summed E-state index contributed by atoms with van der Waals surface area (Å²) < 4.78 is 5.61. The van der Waals surface area contributed by atoms with Crippen LogP contribution in [0.25, 0.3) is 0 Å². The first-order chi connectivity index (χ1) is 11.4.